The molecule has 0 heterocycles. The maximum absolute atomic E-state index is 13.3. The Morgan fingerprint density at radius 1 is 1.05 bits per heavy atom. The van der Waals surface area contributed by atoms with Crippen LogP contribution in [0.25, 0.3) is 0 Å². The van der Waals surface area contributed by atoms with Gasteiger partial charge in [-0.2, -0.15) is 13.2 Å². The molecular weight excluding hydrogens is 288 g/mol. The first-order valence-electron chi connectivity index (χ1n) is 6.02. The predicted molar refractivity (Wildman–Crippen MR) is 68.5 cm³/mol. The van der Waals surface area contributed by atoms with Crippen LogP contribution in [-0.2, 0) is 6.18 Å². The van der Waals surface area contributed by atoms with Crippen molar-refractivity contribution in [1.29, 1.82) is 0 Å². The molecule has 0 spiro atoms. The maximum atomic E-state index is 13.3. The Balaban J connectivity index is 2.56. The lowest BCUT2D eigenvalue weighted by molar-refractivity contribution is -0.139. The van der Waals surface area contributed by atoms with E-state index in [9.17, 15) is 22.7 Å². The quantitative estimate of drug-likeness (QED) is 0.870. The van der Waals surface area contributed by atoms with Crippen LogP contribution >= 0.6 is 0 Å². The van der Waals surface area contributed by atoms with E-state index in [1.807, 2.05) is 0 Å². The van der Waals surface area contributed by atoms with Crippen LogP contribution in [-0.4, -0.2) is 12.2 Å². The van der Waals surface area contributed by atoms with Crippen molar-refractivity contribution in [3.8, 4) is 5.75 Å². The lowest BCUT2D eigenvalue weighted by Gasteiger charge is -2.19. The summed E-state index contributed by atoms with van der Waals surface area (Å²) in [4.78, 5) is 0. The molecule has 0 aromatic heterocycles. The zero-order chi connectivity index (χ0) is 15.6. The van der Waals surface area contributed by atoms with Gasteiger partial charge in [-0.25, -0.2) is 4.39 Å². The molecule has 0 amide bonds. The molecular formula is C15H12F4O2. The fourth-order valence-corrected chi connectivity index (χ4v) is 2.08. The molecule has 0 bridgehead atoms. The Labute approximate surface area is 118 Å². The summed E-state index contributed by atoms with van der Waals surface area (Å²) in [5, 5.41) is 10.2. The van der Waals surface area contributed by atoms with Gasteiger partial charge in [0.1, 0.15) is 17.7 Å². The van der Waals surface area contributed by atoms with Gasteiger partial charge in [0.25, 0.3) is 0 Å². The number of methoxy groups -OCH3 is 1. The predicted octanol–water partition coefficient (Wildman–Crippen LogP) is 3.93. The summed E-state index contributed by atoms with van der Waals surface area (Å²) < 4.78 is 57.2. The van der Waals surface area contributed by atoms with Crippen molar-refractivity contribution in [2.24, 2.45) is 0 Å². The Bertz CT molecular complexity index is 638. The van der Waals surface area contributed by atoms with Crippen molar-refractivity contribution in [3.05, 3.63) is 65.0 Å². The number of ether oxygens (including phenoxy) is 1. The third-order valence-corrected chi connectivity index (χ3v) is 3.05. The number of aliphatic hydroxyl groups is 1. The first kappa shape index (κ1) is 15.3. The van der Waals surface area contributed by atoms with Crippen molar-refractivity contribution >= 4 is 0 Å². The molecule has 0 saturated carbocycles. The molecule has 2 aromatic rings. The van der Waals surface area contributed by atoms with E-state index in [1.165, 1.54) is 25.3 Å². The van der Waals surface area contributed by atoms with Gasteiger partial charge in [0.15, 0.2) is 0 Å². The van der Waals surface area contributed by atoms with Crippen LogP contribution in [0.4, 0.5) is 17.6 Å². The molecule has 1 N–H and O–H groups in total. The summed E-state index contributed by atoms with van der Waals surface area (Å²) in [5.74, 6) is -0.560. The Kier molecular flexibility index (Phi) is 4.18. The smallest absolute Gasteiger partial charge is 0.416 e. The van der Waals surface area contributed by atoms with Gasteiger partial charge in [-0.1, -0.05) is 18.2 Å². The van der Waals surface area contributed by atoms with Crippen LogP contribution in [0.2, 0.25) is 0 Å². The van der Waals surface area contributed by atoms with Gasteiger partial charge in [0.2, 0.25) is 0 Å². The van der Waals surface area contributed by atoms with E-state index in [2.05, 4.69) is 0 Å². The number of halogens is 4. The van der Waals surface area contributed by atoms with E-state index >= 15 is 0 Å². The first-order valence-corrected chi connectivity index (χ1v) is 6.02. The Morgan fingerprint density at radius 3 is 2.33 bits per heavy atom. The molecule has 2 nitrogen and oxygen atoms in total. The summed E-state index contributed by atoms with van der Waals surface area (Å²) in [6.07, 6.45) is -6.26. The number of aliphatic hydroxyl groups excluding tert-OH is 1. The highest BCUT2D eigenvalue weighted by Gasteiger charge is 2.35. The number of benzene rings is 2. The molecule has 6 heteroatoms. The molecule has 2 aromatic carbocycles. The highest BCUT2D eigenvalue weighted by molar-refractivity contribution is 5.43. The van der Waals surface area contributed by atoms with Crippen molar-refractivity contribution in [3.63, 3.8) is 0 Å². The second kappa shape index (κ2) is 5.73. The molecule has 1 unspecified atom stereocenters. The van der Waals surface area contributed by atoms with Crippen LogP contribution in [0.5, 0.6) is 5.75 Å². The largest absolute Gasteiger partial charge is 0.496 e. The van der Waals surface area contributed by atoms with Gasteiger partial charge in [0.05, 0.1) is 12.7 Å². The molecule has 0 saturated heterocycles. The lowest BCUT2D eigenvalue weighted by Crippen LogP contribution is -2.13. The van der Waals surface area contributed by atoms with Gasteiger partial charge in [0, 0.05) is 5.56 Å². The monoisotopic (exact) mass is 300 g/mol. The normalized spacial score (nSPS) is 13.0. The number of rotatable bonds is 3. The molecule has 21 heavy (non-hydrogen) atoms. The van der Waals surface area contributed by atoms with Crippen LogP contribution in [0, 0.1) is 5.82 Å². The topological polar surface area (TPSA) is 29.5 Å². The average molecular weight is 300 g/mol. The summed E-state index contributed by atoms with van der Waals surface area (Å²) >= 11 is 0. The van der Waals surface area contributed by atoms with Gasteiger partial charge in [-0.15, -0.1) is 0 Å². The van der Waals surface area contributed by atoms with Gasteiger partial charge in [-0.3, -0.25) is 0 Å². The fraction of sp³-hybridized carbons (Fsp3) is 0.200. The zero-order valence-electron chi connectivity index (χ0n) is 11.0. The van der Waals surface area contributed by atoms with Crippen LogP contribution < -0.4 is 4.74 Å². The van der Waals surface area contributed by atoms with Crippen molar-refractivity contribution < 1.29 is 27.4 Å². The van der Waals surface area contributed by atoms with Gasteiger partial charge >= 0.3 is 6.18 Å². The molecule has 2 rings (SSSR count). The standard InChI is InChI=1S/C15H12F4O2/c1-21-13-7-6-9(16)8-11(13)14(20)10-4-2-3-5-12(10)15(17,18)19/h2-8,14,20H,1H3. The number of hydrogen-bond acceptors (Lipinski definition) is 2. The fourth-order valence-electron chi connectivity index (χ4n) is 2.08. The van der Waals surface area contributed by atoms with Crippen molar-refractivity contribution in [2.75, 3.05) is 7.11 Å². The van der Waals surface area contributed by atoms with E-state index in [0.29, 0.717) is 0 Å². The Hall–Kier alpha value is -2.08. The summed E-state index contributed by atoms with van der Waals surface area (Å²) in [6, 6.07) is 7.93. The highest BCUT2D eigenvalue weighted by atomic mass is 19.4. The van der Waals surface area contributed by atoms with E-state index < -0.39 is 23.7 Å². The van der Waals surface area contributed by atoms with Crippen LogP contribution in [0.3, 0.4) is 0 Å². The molecule has 0 aliphatic heterocycles. The van der Waals surface area contributed by atoms with E-state index in [-0.39, 0.29) is 16.9 Å². The van der Waals surface area contributed by atoms with Crippen molar-refractivity contribution in [1.82, 2.24) is 0 Å². The maximum Gasteiger partial charge on any atom is 0.416 e. The lowest BCUT2D eigenvalue weighted by atomic mass is 9.96. The van der Waals surface area contributed by atoms with E-state index in [4.69, 9.17) is 4.74 Å². The Morgan fingerprint density at radius 2 is 1.71 bits per heavy atom. The van der Waals surface area contributed by atoms with E-state index in [1.54, 1.807) is 0 Å². The summed E-state index contributed by atoms with van der Waals surface area (Å²) in [7, 11) is 1.29. The number of hydrogen-bond donors (Lipinski definition) is 1. The number of alkyl halides is 3. The van der Waals surface area contributed by atoms with Crippen molar-refractivity contribution in [2.45, 2.75) is 12.3 Å². The minimum Gasteiger partial charge on any atom is -0.496 e. The average Bonchev–Trinajstić information content (AvgIpc) is 2.45. The molecule has 112 valence electrons. The first-order chi connectivity index (χ1) is 9.84. The minimum absolute atomic E-state index is 0.0609. The summed E-state index contributed by atoms with van der Waals surface area (Å²) in [5.41, 5.74) is -1.38. The SMILES string of the molecule is COc1ccc(F)cc1C(O)c1ccccc1C(F)(F)F. The summed E-state index contributed by atoms with van der Waals surface area (Å²) in [6.45, 7) is 0. The van der Waals surface area contributed by atoms with Crippen LogP contribution in [0.1, 0.15) is 22.8 Å². The third-order valence-electron chi connectivity index (χ3n) is 3.05. The van der Waals surface area contributed by atoms with Gasteiger partial charge < -0.3 is 9.84 Å². The molecule has 0 aliphatic carbocycles. The van der Waals surface area contributed by atoms with Gasteiger partial charge in [-0.05, 0) is 29.8 Å². The zero-order valence-corrected chi connectivity index (χ0v) is 11.0. The molecule has 0 aliphatic rings. The highest BCUT2D eigenvalue weighted by Crippen LogP contribution is 2.38. The molecule has 1 atom stereocenters. The van der Waals surface area contributed by atoms with E-state index in [0.717, 1.165) is 24.3 Å². The second-order valence-corrected chi connectivity index (χ2v) is 4.37. The minimum atomic E-state index is -4.61. The third kappa shape index (κ3) is 3.16. The second-order valence-electron chi connectivity index (χ2n) is 4.37. The van der Waals surface area contributed by atoms with Crippen LogP contribution in [0.15, 0.2) is 42.5 Å². The molecule has 0 fully saturated rings. The molecule has 0 radical (unpaired) electrons.